The Morgan fingerprint density at radius 1 is 1.29 bits per heavy atom. The van der Waals surface area contributed by atoms with E-state index >= 15 is 0 Å². The second-order valence-corrected chi connectivity index (χ2v) is 6.67. The summed E-state index contributed by atoms with van der Waals surface area (Å²) in [6, 6.07) is 4.98. The highest BCUT2D eigenvalue weighted by molar-refractivity contribution is 5.93. The standard InChI is InChI=1S/C18H17F4N3O3/c19-11-2-1-3-13(8-11)28-10-12-9-14-17(26)24(5-6-25(14)23-12)16(18(20,21)22)15-4-7-27-15/h1-3,8-9,15-16H,4-7,10H2/t15?,16-/m0/s1. The summed E-state index contributed by atoms with van der Waals surface area (Å²) in [5.41, 5.74) is 0.440. The van der Waals surface area contributed by atoms with Crippen LogP contribution in [-0.2, 0) is 17.9 Å². The molecule has 1 fully saturated rings. The smallest absolute Gasteiger partial charge is 0.411 e. The summed E-state index contributed by atoms with van der Waals surface area (Å²) < 4.78 is 65.6. The maximum absolute atomic E-state index is 13.5. The van der Waals surface area contributed by atoms with Gasteiger partial charge in [-0.05, 0) is 24.6 Å². The van der Waals surface area contributed by atoms with Crippen LogP contribution in [0.2, 0.25) is 0 Å². The Kier molecular flexibility index (Phi) is 4.74. The van der Waals surface area contributed by atoms with Gasteiger partial charge in [0.1, 0.15) is 29.6 Å². The van der Waals surface area contributed by atoms with Crippen molar-refractivity contribution in [3.8, 4) is 5.75 Å². The number of carbonyl (C=O) groups excluding carboxylic acids is 1. The van der Waals surface area contributed by atoms with E-state index in [0.29, 0.717) is 5.69 Å². The summed E-state index contributed by atoms with van der Waals surface area (Å²) in [5, 5.41) is 4.21. The number of ether oxygens (including phenoxy) is 2. The fourth-order valence-electron chi connectivity index (χ4n) is 3.40. The zero-order chi connectivity index (χ0) is 19.9. The van der Waals surface area contributed by atoms with Crippen LogP contribution in [0, 0.1) is 5.82 Å². The monoisotopic (exact) mass is 399 g/mol. The lowest BCUT2D eigenvalue weighted by molar-refractivity contribution is -0.230. The molecule has 0 bridgehead atoms. The highest BCUT2D eigenvalue weighted by Crippen LogP contribution is 2.35. The first-order valence-corrected chi connectivity index (χ1v) is 8.77. The molecular formula is C18H17F4N3O3. The third kappa shape index (κ3) is 3.56. The topological polar surface area (TPSA) is 56.6 Å². The minimum absolute atomic E-state index is 0.0365. The van der Waals surface area contributed by atoms with Crippen LogP contribution >= 0.6 is 0 Å². The molecule has 2 aliphatic rings. The average Bonchev–Trinajstić information content (AvgIpc) is 3.00. The van der Waals surface area contributed by atoms with Crippen LogP contribution in [0.4, 0.5) is 17.6 Å². The van der Waals surface area contributed by atoms with Crippen LogP contribution in [0.3, 0.4) is 0 Å². The molecule has 0 saturated carbocycles. The van der Waals surface area contributed by atoms with E-state index in [0.717, 1.165) is 4.90 Å². The summed E-state index contributed by atoms with van der Waals surface area (Å²) >= 11 is 0. The molecule has 1 aromatic carbocycles. The molecule has 6 nitrogen and oxygen atoms in total. The van der Waals surface area contributed by atoms with Gasteiger partial charge in [-0.3, -0.25) is 9.48 Å². The number of hydrogen-bond acceptors (Lipinski definition) is 4. The molecule has 10 heteroatoms. The summed E-state index contributed by atoms with van der Waals surface area (Å²) in [6.45, 7) is 0.256. The van der Waals surface area contributed by atoms with E-state index < -0.39 is 30.0 Å². The van der Waals surface area contributed by atoms with Gasteiger partial charge in [0.25, 0.3) is 5.91 Å². The van der Waals surface area contributed by atoms with Crippen LogP contribution in [0.15, 0.2) is 30.3 Å². The molecular weight excluding hydrogens is 382 g/mol. The molecule has 1 amide bonds. The van der Waals surface area contributed by atoms with E-state index in [1.54, 1.807) is 6.07 Å². The number of alkyl halides is 3. The van der Waals surface area contributed by atoms with Crippen molar-refractivity contribution >= 4 is 5.91 Å². The van der Waals surface area contributed by atoms with Crippen molar-refractivity contribution in [1.82, 2.24) is 14.7 Å². The molecule has 150 valence electrons. The predicted octanol–water partition coefficient (Wildman–Crippen LogP) is 2.78. The number of halogens is 4. The van der Waals surface area contributed by atoms with Crippen molar-refractivity contribution in [2.45, 2.75) is 37.9 Å². The Labute approximate surface area is 157 Å². The Hall–Kier alpha value is -2.62. The van der Waals surface area contributed by atoms with Crippen LogP contribution in [0.25, 0.3) is 0 Å². The Balaban J connectivity index is 1.50. The Bertz CT molecular complexity index is 879. The predicted molar refractivity (Wildman–Crippen MR) is 88.2 cm³/mol. The molecule has 2 atom stereocenters. The molecule has 2 aromatic rings. The maximum atomic E-state index is 13.5. The summed E-state index contributed by atoms with van der Waals surface area (Å²) in [7, 11) is 0. The second-order valence-electron chi connectivity index (χ2n) is 6.67. The van der Waals surface area contributed by atoms with Gasteiger partial charge in [-0.1, -0.05) is 6.07 Å². The maximum Gasteiger partial charge on any atom is 0.411 e. The van der Waals surface area contributed by atoms with E-state index in [2.05, 4.69) is 5.10 Å². The number of hydrogen-bond donors (Lipinski definition) is 0. The van der Waals surface area contributed by atoms with Crippen LogP contribution in [-0.4, -0.2) is 52.1 Å². The minimum Gasteiger partial charge on any atom is -0.487 e. The fraction of sp³-hybridized carbons (Fsp3) is 0.444. The lowest BCUT2D eigenvalue weighted by atomic mass is 10.0. The third-order valence-electron chi connectivity index (χ3n) is 4.80. The zero-order valence-corrected chi connectivity index (χ0v) is 14.7. The number of nitrogens with zero attached hydrogens (tertiary/aromatic N) is 3. The van der Waals surface area contributed by atoms with E-state index in [9.17, 15) is 22.4 Å². The first-order chi connectivity index (χ1) is 13.3. The van der Waals surface area contributed by atoms with Crippen molar-refractivity contribution in [3.05, 3.63) is 47.5 Å². The first-order valence-electron chi connectivity index (χ1n) is 8.77. The van der Waals surface area contributed by atoms with Gasteiger partial charge in [0, 0.05) is 19.2 Å². The lowest BCUT2D eigenvalue weighted by Crippen LogP contribution is -2.60. The molecule has 1 unspecified atom stereocenters. The van der Waals surface area contributed by atoms with E-state index in [-0.39, 0.29) is 44.2 Å². The summed E-state index contributed by atoms with van der Waals surface area (Å²) in [4.78, 5) is 13.5. The zero-order valence-electron chi connectivity index (χ0n) is 14.7. The molecule has 0 radical (unpaired) electrons. The van der Waals surface area contributed by atoms with Crippen molar-refractivity contribution in [2.75, 3.05) is 13.2 Å². The first kappa shape index (κ1) is 18.7. The van der Waals surface area contributed by atoms with Crippen molar-refractivity contribution < 1.29 is 31.8 Å². The van der Waals surface area contributed by atoms with Gasteiger partial charge in [0.05, 0.1) is 12.6 Å². The molecule has 28 heavy (non-hydrogen) atoms. The Morgan fingerprint density at radius 3 is 2.71 bits per heavy atom. The number of benzene rings is 1. The van der Waals surface area contributed by atoms with Crippen molar-refractivity contribution in [2.24, 2.45) is 0 Å². The SMILES string of the molecule is O=C1c2cc(COc3cccc(F)c3)nn2CCN1[C@@H](C1CCO1)C(F)(F)F. The van der Waals surface area contributed by atoms with Crippen LogP contribution < -0.4 is 4.74 Å². The summed E-state index contributed by atoms with van der Waals surface area (Å²) in [5.74, 6) is -0.907. The molecule has 3 heterocycles. The third-order valence-corrected chi connectivity index (χ3v) is 4.80. The van der Waals surface area contributed by atoms with Gasteiger partial charge in [-0.25, -0.2) is 4.39 Å². The van der Waals surface area contributed by atoms with Crippen LogP contribution in [0.1, 0.15) is 22.6 Å². The lowest BCUT2D eigenvalue weighted by Gasteiger charge is -2.42. The molecule has 0 N–H and O–H groups in total. The molecule has 1 saturated heterocycles. The highest BCUT2D eigenvalue weighted by Gasteiger charge is 2.53. The Morgan fingerprint density at radius 2 is 2.07 bits per heavy atom. The van der Waals surface area contributed by atoms with Crippen molar-refractivity contribution in [3.63, 3.8) is 0 Å². The highest BCUT2D eigenvalue weighted by atomic mass is 19.4. The van der Waals surface area contributed by atoms with E-state index in [4.69, 9.17) is 9.47 Å². The molecule has 0 spiro atoms. The average molecular weight is 399 g/mol. The fourth-order valence-corrected chi connectivity index (χ4v) is 3.40. The normalized spacial score (nSPS) is 20.5. The molecule has 2 aliphatic heterocycles. The van der Waals surface area contributed by atoms with Gasteiger partial charge in [-0.2, -0.15) is 18.3 Å². The molecule has 4 rings (SSSR count). The molecule has 1 aromatic heterocycles. The largest absolute Gasteiger partial charge is 0.487 e. The number of fused-ring (bicyclic) bond motifs is 1. The van der Waals surface area contributed by atoms with Gasteiger partial charge in [0.15, 0.2) is 6.04 Å². The van der Waals surface area contributed by atoms with Crippen LogP contribution in [0.5, 0.6) is 5.75 Å². The van der Waals surface area contributed by atoms with E-state index in [1.807, 2.05) is 0 Å². The minimum atomic E-state index is -4.58. The number of rotatable bonds is 5. The second kappa shape index (κ2) is 7.08. The van der Waals surface area contributed by atoms with Crippen molar-refractivity contribution in [1.29, 1.82) is 0 Å². The number of amides is 1. The number of aromatic nitrogens is 2. The van der Waals surface area contributed by atoms with Gasteiger partial charge >= 0.3 is 6.18 Å². The molecule has 0 aliphatic carbocycles. The number of carbonyl (C=O) groups is 1. The van der Waals surface area contributed by atoms with E-state index in [1.165, 1.54) is 28.9 Å². The quantitative estimate of drug-likeness (QED) is 0.726. The van der Waals surface area contributed by atoms with Gasteiger partial charge < -0.3 is 14.4 Å². The van der Waals surface area contributed by atoms with Gasteiger partial charge in [0.2, 0.25) is 0 Å². The summed E-state index contributed by atoms with van der Waals surface area (Å²) in [6.07, 6.45) is -5.35. The van der Waals surface area contributed by atoms with Gasteiger partial charge in [-0.15, -0.1) is 0 Å².